The van der Waals surface area contributed by atoms with Gasteiger partial charge in [0.25, 0.3) is 5.56 Å². The predicted octanol–water partition coefficient (Wildman–Crippen LogP) is 1.32. The van der Waals surface area contributed by atoms with E-state index in [1.807, 2.05) is 18.2 Å². The summed E-state index contributed by atoms with van der Waals surface area (Å²) in [7, 11) is 4.48. The van der Waals surface area contributed by atoms with Crippen LogP contribution in [-0.2, 0) is 14.1 Å². The molecule has 132 valence electrons. The first kappa shape index (κ1) is 17.7. The molecule has 0 fully saturated rings. The number of fused-ring (bicyclic) bond motifs is 1. The Morgan fingerprint density at radius 3 is 2.62 bits per heavy atom. The van der Waals surface area contributed by atoms with Gasteiger partial charge in [0.1, 0.15) is 16.2 Å². The molecule has 0 spiro atoms. The maximum Gasteiger partial charge on any atom is 0.332 e. The van der Waals surface area contributed by atoms with Gasteiger partial charge < -0.3 is 4.74 Å². The molecule has 0 bridgehead atoms. The van der Waals surface area contributed by atoms with Crippen LogP contribution in [0, 0.1) is 11.3 Å². The Balaban J connectivity index is 2.43. The topological polar surface area (TPSA) is 103 Å². The molecule has 2 aromatic heterocycles. The van der Waals surface area contributed by atoms with E-state index in [4.69, 9.17) is 10.00 Å². The van der Waals surface area contributed by atoms with Crippen LogP contribution in [0.1, 0.15) is 0 Å². The molecule has 0 N–H and O–H groups in total. The van der Waals surface area contributed by atoms with Crippen molar-refractivity contribution in [2.24, 2.45) is 14.1 Å². The van der Waals surface area contributed by atoms with Crippen LogP contribution in [0.2, 0.25) is 0 Å². The minimum Gasteiger partial charge on any atom is -0.496 e. The monoisotopic (exact) mass is 369 g/mol. The highest BCUT2D eigenvalue weighted by molar-refractivity contribution is 7.99. The summed E-state index contributed by atoms with van der Waals surface area (Å²) in [6.45, 7) is 0. The molecule has 9 heteroatoms. The first-order chi connectivity index (χ1) is 12.5. The Kier molecular flexibility index (Phi) is 4.77. The van der Waals surface area contributed by atoms with Gasteiger partial charge in [-0.3, -0.25) is 13.9 Å². The van der Waals surface area contributed by atoms with Gasteiger partial charge in [0.15, 0.2) is 11.5 Å². The molecule has 0 amide bonds. The maximum absolute atomic E-state index is 12.6. The minimum atomic E-state index is -0.491. The fourth-order valence-corrected chi connectivity index (χ4v) is 3.26. The third kappa shape index (κ3) is 2.84. The SMILES string of the molecule is COc1ccccc1-c1nc(SCC#N)c2c(=O)n(C)c(=O)n(C)c2n1. The van der Waals surface area contributed by atoms with Crippen molar-refractivity contribution >= 4 is 22.8 Å². The molecule has 0 aliphatic heterocycles. The molecule has 0 saturated heterocycles. The summed E-state index contributed by atoms with van der Waals surface area (Å²) in [6, 6.07) is 9.22. The van der Waals surface area contributed by atoms with E-state index in [-0.39, 0.29) is 16.8 Å². The lowest BCUT2D eigenvalue weighted by Crippen LogP contribution is -2.37. The molecule has 3 rings (SSSR count). The van der Waals surface area contributed by atoms with Gasteiger partial charge in [-0.25, -0.2) is 14.8 Å². The first-order valence-electron chi connectivity index (χ1n) is 7.60. The number of aromatic nitrogens is 4. The average Bonchev–Trinajstić information content (AvgIpc) is 2.68. The summed E-state index contributed by atoms with van der Waals surface area (Å²) in [5.41, 5.74) is -0.128. The number of ether oxygens (including phenoxy) is 1. The maximum atomic E-state index is 12.6. The second-order valence-corrected chi connectivity index (χ2v) is 6.37. The Hall–Kier alpha value is -3.12. The molecule has 0 aliphatic rings. The molecular formula is C17H15N5O3S. The van der Waals surface area contributed by atoms with Crippen molar-refractivity contribution in [3.8, 4) is 23.2 Å². The summed E-state index contributed by atoms with van der Waals surface area (Å²) in [6.07, 6.45) is 0. The smallest absolute Gasteiger partial charge is 0.332 e. The molecule has 26 heavy (non-hydrogen) atoms. The van der Waals surface area contributed by atoms with E-state index in [9.17, 15) is 9.59 Å². The van der Waals surface area contributed by atoms with Gasteiger partial charge in [0.2, 0.25) is 0 Å². The van der Waals surface area contributed by atoms with E-state index in [1.165, 1.54) is 18.7 Å². The van der Waals surface area contributed by atoms with Gasteiger partial charge in [0.05, 0.1) is 24.5 Å². The standard InChI is InChI=1S/C17H15N5O3S/c1-21-14-12(16(23)22(2)17(21)24)15(26-9-8-18)20-13(19-14)10-6-4-5-7-11(10)25-3/h4-7H,9H2,1-3H3. The number of para-hydroxylation sites is 1. The lowest BCUT2D eigenvalue weighted by atomic mass is 10.2. The van der Waals surface area contributed by atoms with Crippen LogP contribution in [0.5, 0.6) is 5.75 Å². The molecule has 0 atom stereocenters. The van der Waals surface area contributed by atoms with E-state index in [0.717, 1.165) is 16.3 Å². The molecule has 0 unspecified atom stereocenters. The van der Waals surface area contributed by atoms with Crippen molar-refractivity contribution < 1.29 is 4.74 Å². The molecule has 2 heterocycles. The van der Waals surface area contributed by atoms with E-state index in [2.05, 4.69) is 9.97 Å². The fourth-order valence-electron chi connectivity index (χ4n) is 2.58. The van der Waals surface area contributed by atoms with E-state index in [1.54, 1.807) is 19.2 Å². The number of thioether (sulfide) groups is 1. The molecule has 0 saturated carbocycles. The molecule has 0 radical (unpaired) electrons. The van der Waals surface area contributed by atoms with Crippen LogP contribution in [0.25, 0.3) is 22.4 Å². The number of nitrogens with zero attached hydrogens (tertiary/aromatic N) is 5. The van der Waals surface area contributed by atoms with Crippen LogP contribution in [0.15, 0.2) is 38.9 Å². The zero-order valence-electron chi connectivity index (χ0n) is 14.4. The Bertz CT molecular complexity index is 1160. The van der Waals surface area contributed by atoms with Crippen molar-refractivity contribution in [1.29, 1.82) is 5.26 Å². The highest BCUT2D eigenvalue weighted by Gasteiger charge is 2.19. The Morgan fingerprint density at radius 1 is 1.19 bits per heavy atom. The summed E-state index contributed by atoms with van der Waals surface area (Å²) >= 11 is 1.13. The lowest BCUT2D eigenvalue weighted by molar-refractivity contribution is 0.416. The van der Waals surface area contributed by atoms with Gasteiger partial charge >= 0.3 is 5.69 Å². The number of nitriles is 1. The largest absolute Gasteiger partial charge is 0.496 e. The predicted molar refractivity (Wildman–Crippen MR) is 98.3 cm³/mol. The minimum absolute atomic E-state index is 0.115. The quantitative estimate of drug-likeness (QED) is 0.505. The number of hydrogen-bond donors (Lipinski definition) is 0. The summed E-state index contributed by atoms with van der Waals surface area (Å²) < 4.78 is 7.66. The highest BCUT2D eigenvalue weighted by Crippen LogP contribution is 2.30. The summed E-state index contributed by atoms with van der Waals surface area (Å²) in [4.78, 5) is 33.8. The second-order valence-electron chi connectivity index (χ2n) is 5.40. The average molecular weight is 369 g/mol. The normalized spacial score (nSPS) is 10.7. The highest BCUT2D eigenvalue weighted by atomic mass is 32.2. The van der Waals surface area contributed by atoms with Crippen LogP contribution >= 0.6 is 11.8 Å². The van der Waals surface area contributed by atoms with Gasteiger partial charge in [-0.15, -0.1) is 0 Å². The number of aryl methyl sites for hydroxylation is 1. The molecule has 0 aliphatic carbocycles. The van der Waals surface area contributed by atoms with Crippen molar-refractivity contribution in [3.05, 3.63) is 45.1 Å². The van der Waals surface area contributed by atoms with Gasteiger partial charge in [-0.05, 0) is 12.1 Å². The first-order valence-corrected chi connectivity index (χ1v) is 8.59. The number of rotatable bonds is 4. The van der Waals surface area contributed by atoms with Gasteiger partial charge in [-0.2, -0.15) is 5.26 Å². The van der Waals surface area contributed by atoms with Crippen LogP contribution in [0.3, 0.4) is 0 Å². The molecule has 1 aromatic carbocycles. The van der Waals surface area contributed by atoms with Crippen molar-refractivity contribution in [2.45, 2.75) is 5.03 Å². The Morgan fingerprint density at radius 2 is 1.92 bits per heavy atom. The number of methoxy groups -OCH3 is 1. The van der Waals surface area contributed by atoms with Crippen LogP contribution in [-0.4, -0.2) is 32.0 Å². The van der Waals surface area contributed by atoms with Gasteiger partial charge in [-0.1, -0.05) is 23.9 Å². The second kappa shape index (κ2) is 7.01. The van der Waals surface area contributed by atoms with Crippen LogP contribution in [0.4, 0.5) is 0 Å². The molecular weight excluding hydrogens is 354 g/mol. The van der Waals surface area contributed by atoms with Crippen molar-refractivity contribution in [2.75, 3.05) is 12.9 Å². The summed E-state index contributed by atoms with van der Waals surface area (Å²) in [5, 5.41) is 9.49. The van der Waals surface area contributed by atoms with E-state index < -0.39 is 11.2 Å². The van der Waals surface area contributed by atoms with Crippen LogP contribution < -0.4 is 16.0 Å². The molecule has 8 nitrogen and oxygen atoms in total. The Labute approximate surface area is 152 Å². The van der Waals surface area contributed by atoms with Crippen molar-refractivity contribution in [3.63, 3.8) is 0 Å². The number of hydrogen-bond acceptors (Lipinski definition) is 7. The molecule has 3 aromatic rings. The third-order valence-electron chi connectivity index (χ3n) is 3.89. The van der Waals surface area contributed by atoms with E-state index in [0.29, 0.717) is 22.2 Å². The zero-order valence-corrected chi connectivity index (χ0v) is 15.2. The fraction of sp³-hybridized carbons (Fsp3) is 0.235. The third-order valence-corrected chi connectivity index (χ3v) is 4.73. The van der Waals surface area contributed by atoms with Crippen molar-refractivity contribution in [1.82, 2.24) is 19.1 Å². The summed E-state index contributed by atoms with van der Waals surface area (Å²) in [5.74, 6) is 0.999. The number of benzene rings is 1. The van der Waals surface area contributed by atoms with E-state index >= 15 is 0 Å². The zero-order chi connectivity index (χ0) is 18.8. The van der Waals surface area contributed by atoms with Gasteiger partial charge in [0, 0.05) is 14.1 Å². The lowest BCUT2D eigenvalue weighted by Gasteiger charge is -2.12.